The first-order valence-corrected chi connectivity index (χ1v) is 7.84. The average Bonchev–Trinajstić information content (AvgIpc) is 2.37. The van der Waals surface area contributed by atoms with Crippen LogP contribution in [0.3, 0.4) is 0 Å². The number of likely N-dealkylation sites (tertiary alicyclic amines) is 1. The maximum atomic E-state index is 12.8. The molecule has 4 nitrogen and oxygen atoms in total. The molecule has 20 heavy (non-hydrogen) atoms. The second kappa shape index (κ2) is 4.99. The van der Waals surface area contributed by atoms with Gasteiger partial charge in [-0.3, -0.25) is 4.79 Å². The van der Waals surface area contributed by atoms with Crippen LogP contribution in [-0.4, -0.2) is 42.1 Å². The predicted octanol–water partition coefficient (Wildman–Crippen LogP) is 2.17. The molecule has 2 rings (SSSR count). The van der Waals surface area contributed by atoms with E-state index in [1.807, 2.05) is 11.8 Å². The molecule has 1 aliphatic carbocycles. The summed E-state index contributed by atoms with van der Waals surface area (Å²) in [4.78, 5) is 14.8. The van der Waals surface area contributed by atoms with Gasteiger partial charge in [-0.25, -0.2) is 0 Å². The first-order chi connectivity index (χ1) is 9.14. The predicted molar refractivity (Wildman–Crippen MR) is 80.3 cm³/mol. The lowest BCUT2D eigenvalue weighted by molar-refractivity contribution is -0.180. The fourth-order valence-corrected chi connectivity index (χ4v) is 3.40. The Kier molecular flexibility index (Phi) is 3.93. The lowest BCUT2D eigenvalue weighted by Crippen LogP contribution is -2.76. The van der Waals surface area contributed by atoms with Crippen molar-refractivity contribution in [3.05, 3.63) is 0 Å². The summed E-state index contributed by atoms with van der Waals surface area (Å²) >= 11 is 0. The summed E-state index contributed by atoms with van der Waals surface area (Å²) in [6.45, 7) is 13.0. The van der Waals surface area contributed by atoms with Crippen molar-refractivity contribution in [1.82, 2.24) is 4.90 Å². The molecule has 0 spiro atoms. The number of rotatable bonds is 3. The van der Waals surface area contributed by atoms with Crippen LogP contribution in [0.4, 0.5) is 0 Å². The van der Waals surface area contributed by atoms with E-state index < -0.39 is 5.54 Å². The number of nitrogens with zero attached hydrogens (tertiary/aromatic N) is 1. The molecule has 1 aliphatic heterocycles. The van der Waals surface area contributed by atoms with E-state index in [9.17, 15) is 4.79 Å². The van der Waals surface area contributed by atoms with E-state index >= 15 is 0 Å². The van der Waals surface area contributed by atoms with Gasteiger partial charge in [-0.05, 0) is 25.2 Å². The van der Waals surface area contributed by atoms with Crippen molar-refractivity contribution in [3.8, 4) is 0 Å². The Hall–Kier alpha value is -0.610. The molecule has 1 amide bonds. The molecule has 1 heterocycles. The van der Waals surface area contributed by atoms with E-state index in [-0.39, 0.29) is 17.4 Å². The van der Waals surface area contributed by atoms with Gasteiger partial charge in [0.1, 0.15) is 5.54 Å². The van der Waals surface area contributed by atoms with Gasteiger partial charge in [0.05, 0.1) is 6.10 Å². The fraction of sp³-hybridized carbons (Fsp3) is 0.938. The number of hydrogen-bond donors (Lipinski definition) is 1. The molecule has 1 saturated heterocycles. The number of piperidine rings is 1. The largest absolute Gasteiger partial charge is 0.378 e. The third-order valence-corrected chi connectivity index (χ3v) is 5.62. The van der Waals surface area contributed by atoms with Crippen molar-refractivity contribution in [2.45, 2.75) is 65.5 Å². The molecule has 116 valence electrons. The number of carbonyl (C=O) groups excluding carboxylic acids is 1. The van der Waals surface area contributed by atoms with Gasteiger partial charge < -0.3 is 15.4 Å². The Bertz CT molecular complexity index is 382. The number of carbonyl (C=O) groups is 1. The molecule has 2 unspecified atom stereocenters. The third-order valence-electron chi connectivity index (χ3n) is 5.62. The summed E-state index contributed by atoms with van der Waals surface area (Å²) < 4.78 is 5.71. The minimum Gasteiger partial charge on any atom is -0.378 e. The topological polar surface area (TPSA) is 55.6 Å². The molecule has 0 aromatic carbocycles. The molecule has 1 saturated carbocycles. The summed E-state index contributed by atoms with van der Waals surface area (Å²) in [5, 5.41) is 0. The zero-order valence-electron chi connectivity index (χ0n) is 13.7. The van der Waals surface area contributed by atoms with E-state index in [0.29, 0.717) is 18.4 Å². The number of hydrogen-bond acceptors (Lipinski definition) is 3. The van der Waals surface area contributed by atoms with Crippen LogP contribution in [0.1, 0.15) is 53.9 Å². The Morgan fingerprint density at radius 1 is 1.25 bits per heavy atom. The molecule has 0 aromatic rings. The van der Waals surface area contributed by atoms with Gasteiger partial charge in [-0.2, -0.15) is 0 Å². The average molecular weight is 282 g/mol. The van der Waals surface area contributed by atoms with Crippen molar-refractivity contribution in [2.75, 3.05) is 19.7 Å². The van der Waals surface area contributed by atoms with E-state index in [1.165, 1.54) is 0 Å². The van der Waals surface area contributed by atoms with Gasteiger partial charge >= 0.3 is 0 Å². The van der Waals surface area contributed by atoms with E-state index in [1.54, 1.807) is 0 Å². The van der Waals surface area contributed by atoms with Crippen LogP contribution in [0.5, 0.6) is 0 Å². The van der Waals surface area contributed by atoms with Crippen molar-refractivity contribution in [1.29, 1.82) is 0 Å². The zero-order valence-corrected chi connectivity index (χ0v) is 13.7. The monoisotopic (exact) mass is 282 g/mol. The number of amides is 1. The molecule has 0 aromatic heterocycles. The second-order valence-electron chi connectivity index (χ2n) is 7.80. The van der Waals surface area contributed by atoms with Crippen LogP contribution in [0.2, 0.25) is 0 Å². The zero-order chi connectivity index (χ0) is 15.2. The van der Waals surface area contributed by atoms with Crippen molar-refractivity contribution < 1.29 is 9.53 Å². The molecule has 2 aliphatic rings. The Labute approximate surface area is 123 Å². The highest BCUT2D eigenvalue weighted by Crippen LogP contribution is 2.51. The van der Waals surface area contributed by atoms with Crippen LogP contribution in [0.25, 0.3) is 0 Å². The van der Waals surface area contributed by atoms with Gasteiger partial charge in [0, 0.05) is 31.5 Å². The minimum atomic E-state index is -0.756. The lowest BCUT2D eigenvalue weighted by atomic mass is 9.54. The van der Waals surface area contributed by atoms with Gasteiger partial charge in [0.15, 0.2) is 0 Å². The van der Waals surface area contributed by atoms with Crippen molar-refractivity contribution in [2.24, 2.45) is 16.6 Å². The molecular weight excluding hydrogens is 252 g/mol. The first-order valence-electron chi connectivity index (χ1n) is 7.84. The highest BCUT2D eigenvalue weighted by atomic mass is 16.5. The van der Waals surface area contributed by atoms with Gasteiger partial charge in [0.25, 0.3) is 0 Å². The first kappa shape index (κ1) is 15.8. The minimum absolute atomic E-state index is 0.0997. The van der Waals surface area contributed by atoms with Crippen LogP contribution in [0, 0.1) is 10.8 Å². The van der Waals surface area contributed by atoms with Gasteiger partial charge in [-0.15, -0.1) is 0 Å². The number of ether oxygens (including phenoxy) is 1. The Morgan fingerprint density at radius 2 is 1.80 bits per heavy atom. The third kappa shape index (κ3) is 2.37. The maximum absolute atomic E-state index is 12.8. The molecular formula is C16H30N2O2. The standard InChI is InChI=1S/C16H30N2O2/c1-6-20-12-11-16(17,15(12,4)5)13(19)18-9-7-14(2,3)8-10-18/h12H,6-11,17H2,1-5H3. The van der Waals surface area contributed by atoms with Crippen LogP contribution < -0.4 is 5.73 Å². The summed E-state index contributed by atoms with van der Waals surface area (Å²) in [5.74, 6) is 0.119. The molecule has 2 atom stereocenters. The Balaban J connectivity index is 2.03. The van der Waals surface area contributed by atoms with Gasteiger partial charge in [-0.1, -0.05) is 27.7 Å². The molecule has 2 N–H and O–H groups in total. The van der Waals surface area contributed by atoms with Crippen LogP contribution >= 0.6 is 0 Å². The summed E-state index contributed by atoms with van der Waals surface area (Å²) in [6, 6.07) is 0. The Morgan fingerprint density at radius 3 is 2.25 bits per heavy atom. The number of nitrogens with two attached hydrogens (primary N) is 1. The van der Waals surface area contributed by atoms with Crippen molar-refractivity contribution >= 4 is 5.91 Å². The quantitative estimate of drug-likeness (QED) is 0.863. The molecule has 4 heteroatoms. The van der Waals surface area contributed by atoms with E-state index in [0.717, 1.165) is 25.9 Å². The molecule has 0 radical (unpaired) electrons. The summed E-state index contributed by atoms with van der Waals surface area (Å²) in [6.07, 6.45) is 2.86. The second-order valence-corrected chi connectivity index (χ2v) is 7.80. The fourth-order valence-electron chi connectivity index (χ4n) is 3.40. The highest BCUT2D eigenvalue weighted by molar-refractivity contribution is 5.89. The van der Waals surface area contributed by atoms with Crippen LogP contribution in [-0.2, 0) is 9.53 Å². The highest BCUT2D eigenvalue weighted by Gasteiger charge is 2.63. The summed E-state index contributed by atoms with van der Waals surface area (Å²) in [7, 11) is 0. The van der Waals surface area contributed by atoms with E-state index in [4.69, 9.17) is 10.5 Å². The molecule has 2 fully saturated rings. The van der Waals surface area contributed by atoms with E-state index in [2.05, 4.69) is 27.7 Å². The summed E-state index contributed by atoms with van der Waals surface area (Å²) in [5.41, 5.74) is 5.78. The SMILES string of the molecule is CCOC1CC(N)(C(=O)N2CCC(C)(C)CC2)C1(C)C. The smallest absolute Gasteiger partial charge is 0.243 e. The molecule has 0 bridgehead atoms. The normalized spacial score (nSPS) is 35.5. The van der Waals surface area contributed by atoms with Gasteiger partial charge in [0.2, 0.25) is 5.91 Å². The lowest BCUT2D eigenvalue weighted by Gasteiger charge is -2.59. The maximum Gasteiger partial charge on any atom is 0.243 e. The van der Waals surface area contributed by atoms with Crippen molar-refractivity contribution in [3.63, 3.8) is 0 Å². The van der Waals surface area contributed by atoms with Crippen LogP contribution in [0.15, 0.2) is 0 Å².